The van der Waals surface area contributed by atoms with Crippen LogP contribution in [0.2, 0.25) is 0 Å². The summed E-state index contributed by atoms with van der Waals surface area (Å²) < 4.78 is 9.52. The van der Waals surface area contributed by atoms with Gasteiger partial charge in [0.1, 0.15) is 18.1 Å². The number of esters is 1. The van der Waals surface area contributed by atoms with Crippen LogP contribution in [0, 0.1) is 0 Å². The highest BCUT2D eigenvalue weighted by Crippen LogP contribution is 2.14. The largest absolute Gasteiger partial charge is 0.502 e. The van der Waals surface area contributed by atoms with Crippen LogP contribution in [-0.2, 0) is 15.3 Å². The molecule has 0 bridgehead atoms. The summed E-state index contributed by atoms with van der Waals surface area (Å²) in [5, 5.41) is 9.00. The predicted octanol–water partition coefficient (Wildman–Crippen LogP) is 0.469. The van der Waals surface area contributed by atoms with Gasteiger partial charge in [-0.2, -0.15) is 11.8 Å². The first kappa shape index (κ1) is 14.6. The van der Waals surface area contributed by atoms with Crippen molar-refractivity contribution in [3.05, 3.63) is 28.3 Å². The fraction of sp³-hybridized carbons (Fsp3) is 0.455. The SMILES string of the molecule is COC(=O)C(N)CCSCc1cc(=O)c(O)co1. The molecule has 0 radical (unpaired) electrons. The summed E-state index contributed by atoms with van der Waals surface area (Å²) in [6.07, 6.45) is 1.50. The summed E-state index contributed by atoms with van der Waals surface area (Å²) in [7, 11) is 1.29. The van der Waals surface area contributed by atoms with Gasteiger partial charge in [-0.05, 0) is 12.2 Å². The molecule has 6 nitrogen and oxygen atoms in total. The molecule has 0 saturated carbocycles. The monoisotopic (exact) mass is 273 g/mol. The lowest BCUT2D eigenvalue weighted by Gasteiger charge is -2.08. The molecule has 1 atom stereocenters. The van der Waals surface area contributed by atoms with Gasteiger partial charge in [-0.15, -0.1) is 0 Å². The molecule has 3 N–H and O–H groups in total. The molecule has 1 unspecified atom stereocenters. The Bertz CT molecular complexity index is 459. The van der Waals surface area contributed by atoms with Crippen LogP contribution in [0.4, 0.5) is 0 Å². The number of ether oxygens (including phenoxy) is 1. The van der Waals surface area contributed by atoms with E-state index in [-0.39, 0.29) is 0 Å². The number of nitrogens with two attached hydrogens (primary N) is 1. The van der Waals surface area contributed by atoms with Crippen LogP contribution in [0.25, 0.3) is 0 Å². The van der Waals surface area contributed by atoms with Crippen LogP contribution in [0.15, 0.2) is 21.5 Å². The molecule has 100 valence electrons. The topological polar surface area (TPSA) is 103 Å². The number of carbonyl (C=O) groups is 1. The van der Waals surface area contributed by atoms with Crippen molar-refractivity contribution in [2.24, 2.45) is 5.73 Å². The van der Waals surface area contributed by atoms with Gasteiger partial charge in [-0.25, -0.2) is 0 Å². The lowest BCUT2D eigenvalue weighted by atomic mass is 10.2. The van der Waals surface area contributed by atoms with Gasteiger partial charge in [0, 0.05) is 6.07 Å². The molecule has 1 aromatic rings. The number of aromatic hydroxyl groups is 1. The molecule has 0 fully saturated rings. The Kier molecular flexibility index (Phi) is 5.73. The van der Waals surface area contributed by atoms with Gasteiger partial charge < -0.3 is 20.0 Å². The van der Waals surface area contributed by atoms with Gasteiger partial charge >= 0.3 is 5.97 Å². The fourth-order valence-corrected chi connectivity index (χ4v) is 2.09. The normalized spacial score (nSPS) is 12.1. The van der Waals surface area contributed by atoms with Crippen LogP contribution < -0.4 is 11.2 Å². The van der Waals surface area contributed by atoms with Gasteiger partial charge in [-0.3, -0.25) is 9.59 Å². The van der Waals surface area contributed by atoms with Crippen molar-refractivity contribution in [1.82, 2.24) is 0 Å². The summed E-state index contributed by atoms with van der Waals surface area (Å²) in [6.45, 7) is 0. The third-order valence-corrected chi connectivity index (χ3v) is 3.20. The Morgan fingerprint density at radius 1 is 1.67 bits per heavy atom. The lowest BCUT2D eigenvalue weighted by Crippen LogP contribution is -2.31. The highest BCUT2D eigenvalue weighted by Gasteiger charge is 2.12. The molecule has 0 aliphatic heterocycles. The third-order valence-electron chi connectivity index (χ3n) is 2.19. The second kappa shape index (κ2) is 7.07. The molecule has 18 heavy (non-hydrogen) atoms. The Hall–Kier alpha value is -1.47. The second-order valence-electron chi connectivity index (χ2n) is 3.57. The smallest absolute Gasteiger partial charge is 0.322 e. The molecule has 1 heterocycles. The molecule has 0 spiro atoms. The van der Waals surface area contributed by atoms with Crippen molar-refractivity contribution < 1.29 is 19.1 Å². The minimum absolute atomic E-state index is 0.406. The lowest BCUT2D eigenvalue weighted by molar-refractivity contribution is -0.142. The Morgan fingerprint density at radius 3 is 3.00 bits per heavy atom. The average molecular weight is 273 g/mol. The number of hydrogen-bond acceptors (Lipinski definition) is 7. The van der Waals surface area contributed by atoms with E-state index in [9.17, 15) is 9.59 Å². The van der Waals surface area contributed by atoms with Crippen LogP contribution >= 0.6 is 11.8 Å². The van der Waals surface area contributed by atoms with E-state index in [1.54, 1.807) is 0 Å². The van der Waals surface area contributed by atoms with Gasteiger partial charge in [-0.1, -0.05) is 0 Å². The summed E-state index contributed by atoms with van der Waals surface area (Å²) in [5.41, 5.74) is 5.09. The van der Waals surface area contributed by atoms with E-state index in [1.165, 1.54) is 24.9 Å². The third kappa shape index (κ3) is 4.42. The minimum atomic E-state index is -0.630. The van der Waals surface area contributed by atoms with Crippen LogP contribution in [0.3, 0.4) is 0 Å². The van der Waals surface area contributed by atoms with Gasteiger partial charge in [0.15, 0.2) is 5.75 Å². The van der Waals surface area contributed by atoms with Gasteiger partial charge in [0.05, 0.1) is 12.9 Å². The van der Waals surface area contributed by atoms with Crippen molar-refractivity contribution in [3.8, 4) is 5.75 Å². The zero-order valence-corrected chi connectivity index (χ0v) is 10.7. The molecule has 1 aromatic heterocycles. The summed E-state index contributed by atoms with van der Waals surface area (Å²) in [5.74, 6) is 0.738. The quantitative estimate of drug-likeness (QED) is 0.573. The van der Waals surface area contributed by atoms with Crippen molar-refractivity contribution in [2.75, 3.05) is 12.9 Å². The molecule has 0 aromatic carbocycles. The zero-order valence-electron chi connectivity index (χ0n) is 9.92. The maximum atomic E-state index is 11.1. The van der Waals surface area contributed by atoms with E-state index >= 15 is 0 Å². The molecular weight excluding hydrogens is 258 g/mol. The van der Waals surface area contributed by atoms with E-state index in [1.807, 2.05) is 0 Å². The minimum Gasteiger partial charge on any atom is -0.502 e. The van der Waals surface area contributed by atoms with Gasteiger partial charge in [0.25, 0.3) is 0 Å². The van der Waals surface area contributed by atoms with E-state index in [0.717, 1.165) is 6.26 Å². The summed E-state index contributed by atoms with van der Waals surface area (Å²) in [6, 6.07) is 0.608. The summed E-state index contributed by atoms with van der Waals surface area (Å²) in [4.78, 5) is 22.1. The van der Waals surface area contributed by atoms with Crippen molar-refractivity contribution in [1.29, 1.82) is 0 Å². The molecule has 0 aliphatic carbocycles. The Labute approximate surface area is 108 Å². The van der Waals surface area contributed by atoms with Crippen LogP contribution in [0.1, 0.15) is 12.2 Å². The first-order valence-corrected chi connectivity index (χ1v) is 6.42. The van der Waals surface area contributed by atoms with Crippen molar-refractivity contribution in [2.45, 2.75) is 18.2 Å². The standard InChI is InChI=1S/C11H15NO5S/c1-16-11(15)8(12)2-3-18-6-7-4-9(13)10(14)5-17-7/h4-5,8,14H,2-3,6,12H2,1H3. The van der Waals surface area contributed by atoms with E-state index in [2.05, 4.69) is 4.74 Å². The van der Waals surface area contributed by atoms with Crippen molar-refractivity contribution in [3.63, 3.8) is 0 Å². The fourth-order valence-electron chi connectivity index (χ4n) is 1.17. The highest BCUT2D eigenvalue weighted by molar-refractivity contribution is 7.98. The Morgan fingerprint density at radius 2 is 2.39 bits per heavy atom. The number of thioether (sulfide) groups is 1. The first-order chi connectivity index (χ1) is 8.54. The maximum absolute atomic E-state index is 11.1. The van der Waals surface area contributed by atoms with E-state index in [4.69, 9.17) is 15.3 Å². The first-order valence-electron chi connectivity index (χ1n) is 5.26. The van der Waals surface area contributed by atoms with E-state index < -0.39 is 23.2 Å². The molecule has 7 heteroatoms. The average Bonchev–Trinajstić information content (AvgIpc) is 2.37. The van der Waals surface area contributed by atoms with Crippen molar-refractivity contribution >= 4 is 17.7 Å². The molecule has 1 rings (SSSR count). The van der Waals surface area contributed by atoms with E-state index in [0.29, 0.717) is 23.7 Å². The summed E-state index contributed by atoms with van der Waals surface area (Å²) >= 11 is 1.48. The Balaban J connectivity index is 2.32. The highest BCUT2D eigenvalue weighted by atomic mass is 32.2. The van der Waals surface area contributed by atoms with Crippen LogP contribution in [-0.4, -0.2) is 30.0 Å². The predicted molar refractivity (Wildman–Crippen MR) is 67.4 cm³/mol. The number of rotatable bonds is 6. The molecule has 0 amide bonds. The number of carbonyl (C=O) groups excluding carboxylic acids is 1. The van der Waals surface area contributed by atoms with Gasteiger partial charge in [0.2, 0.25) is 5.43 Å². The zero-order chi connectivity index (χ0) is 13.5. The second-order valence-corrected chi connectivity index (χ2v) is 4.67. The maximum Gasteiger partial charge on any atom is 0.322 e. The molecule has 0 saturated heterocycles. The van der Waals surface area contributed by atoms with Crippen LogP contribution in [0.5, 0.6) is 5.75 Å². The molecule has 0 aliphatic rings. The molecular formula is C11H15NO5S. The number of methoxy groups -OCH3 is 1. The number of hydrogen-bond donors (Lipinski definition) is 2.